The molecule has 3 aromatic carbocycles. The van der Waals surface area contributed by atoms with Gasteiger partial charge in [0.1, 0.15) is 0 Å². The lowest BCUT2D eigenvalue weighted by atomic mass is 9.91. The molecule has 3 N–H and O–H groups in total. The van der Waals surface area contributed by atoms with Gasteiger partial charge in [0, 0.05) is 42.8 Å². The van der Waals surface area contributed by atoms with Crippen LogP contribution in [0.25, 0.3) is 11.1 Å². The Morgan fingerprint density at radius 1 is 0.867 bits per heavy atom. The summed E-state index contributed by atoms with van der Waals surface area (Å²) in [6.45, 7) is 2.52. The molecule has 1 fully saturated rings. The summed E-state index contributed by atoms with van der Waals surface area (Å²) in [6.07, 6.45) is 1.45. The Hall–Kier alpha value is -4.02. The van der Waals surface area contributed by atoms with Crippen LogP contribution in [0.5, 0.6) is 0 Å². The van der Waals surface area contributed by atoms with Crippen LogP contribution in [-0.4, -0.2) is 38.9 Å². The lowest BCUT2D eigenvalue weighted by Crippen LogP contribution is -2.38. The van der Waals surface area contributed by atoms with Crippen LogP contribution in [0.2, 0.25) is 0 Å². The van der Waals surface area contributed by atoms with Gasteiger partial charge in [0.05, 0.1) is 23.8 Å². The van der Waals surface area contributed by atoms with Crippen LogP contribution < -0.4 is 5.32 Å². The van der Waals surface area contributed by atoms with Crippen molar-refractivity contribution in [2.24, 2.45) is 5.92 Å². The van der Waals surface area contributed by atoms with Crippen LogP contribution in [0.4, 0.5) is 0 Å². The van der Waals surface area contributed by atoms with E-state index < -0.39 is 12.3 Å². The summed E-state index contributed by atoms with van der Waals surface area (Å²) in [4.78, 5) is 27.2. The quantitative estimate of drug-likeness (QED) is 0.141. The van der Waals surface area contributed by atoms with Crippen molar-refractivity contribution in [3.05, 3.63) is 119 Å². The minimum absolute atomic E-state index is 0.00503. The van der Waals surface area contributed by atoms with Crippen molar-refractivity contribution >= 4 is 23.6 Å². The fourth-order valence-electron chi connectivity index (χ4n) is 5.29. The van der Waals surface area contributed by atoms with Gasteiger partial charge in [-0.05, 0) is 52.4 Å². The number of pyridine rings is 1. The van der Waals surface area contributed by atoms with Crippen LogP contribution in [0.15, 0.2) is 102 Å². The standard InChI is InChI=1S/C36H38N2O6S/c1-24-31(23-45-33-9-2-3-19-37-33)43-36(44-35(24)28-13-11-25(22-39)12-14-28)29-17-15-27(16-18-29)30-7-4-6-26(20-30)21-38-32(40)8-5-10-34(41)42/h2-4,6-7,9,11-20,24,31,35-36,39H,5,8,10,21-23H2,1H3,(H,38,40)(H,41,42)/t24-,31+,35+,36+/m1/s1. The van der Waals surface area contributed by atoms with Gasteiger partial charge >= 0.3 is 5.97 Å². The van der Waals surface area contributed by atoms with E-state index in [0.29, 0.717) is 13.0 Å². The molecule has 8 nitrogen and oxygen atoms in total. The highest BCUT2D eigenvalue weighted by atomic mass is 32.2. The summed E-state index contributed by atoms with van der Waals surface area (Å²) in [5.74, 6) is -0.251. The van der Waals surface area contributed by atoms with Gasteiger partial charge in [-0.15, -0.1) is 11.8 Å². The van der Waals surface area contributed by atoms with Crippen LogP contribution in [0.1, 0.15) is 60.8 Å². The summed E-state index contributed by atoms with van der Waals surface area (Å²) in [5.41, 5.74) is 5.82. The van der Waals surface area contributed by atoms with Gasteiger partial charge in [-0.2, -0.15) is 0 Å². The number of carboxylic acids is 1. The van der Waals surface area contributed by atoms with Crippen molar-refractivity contribution < 1.29 is 29.3 Å². The average Bonchev–Trinajstić information content (AvgIpc) is 3.07. The predicted octanol–water partition coefficient (Wildman–Crippen LogP) is 6.70. The molecule has 1 saturated heterocycles. The lowest BCUT2D eigenvalue weighted by Gasteiger charge is -2.41. The summed E-state index contributed by atoms with van der Waals surface area (Å²) < 4.78 is 13.2. The number of ether oxygens (including phenoxy) is 2. The first-order chi connectivity index (χ1) is 21.9. The van der Waals surface area contributed by atoms with Crippen LogP contribution in [0.3, 0.4) is 0 Å². The number of benzene rings is 3. The van der Waals surface area contributed by atoms with Crippen molar-refractivity contribution in [3.63, 3.8) is 0 Å². The Bertz CT molecular complexity index is 1550. The van der Waals surface area contributed by atoms with E-state index in [1.807, 2.05) is 91.0 Å². The smallest absolute Gasteiger partial charge is 0.303 e. The minimum Gasteiger partial charge on any atom is -0.481 e. The Labute approximate surface area is 267 Å². The van der Waals surface area contributed by atoms with Crippen molar-refractivity contribution in [1.29, 1.82) is 0 Å². The van der Waals surface area contributed by atoms with E-state index in [9.17, 15) is 14.7 Å². The third-order valence-corrected chi connectivity index (χ3v) is 8.92. The van der Waals surface area contributed by atoms with Crippen molar-refractivity contribution in [1.82, 2.24) is 10.3 Å². The number of nitrogens with zero attached hydrogens (tertiary/aromatic N) is 1. The first kappa shape index (κ1) is 32.4. The molecule has 4 aromatic rings. The number of aliphatic hydroxyl groups excluding tert-OH is 1. The summed E-state index contributed by atoms with van der Waals surface area (Å²) in [5, 5.41) is 22.1. The average molecular weight is 627 g/mol. The minimum atomic E-state index is -0.898. The maximum Gasteiger partial charge on any atom is 0.303 e. The molecular weight excluding hydrogens is 588 g/mol. The van der Waals surface area contributed by atoms with Gasteiger partial charge < -0.3 is 25.0 Å². The second-order valence-electron chi connectivity index (χ2n) is 11.1. The number of rotatable bonds is 13. The lowest BCUT2D eigenvalue weighted by molar-refractivity contribution is -0.268. The number of hydrogen-bond acceptors (Lipinski definition) is 7. The van der Waals surface area contributed by atoms with E-state index in [4.69, 9.17) is 14.6 Å². The predicted molar refractivity (Wildman–Crippen MR) is 173 cm³/mol. The number of aromatic nitrogens is 1. The van der Waals surface area contributed by atoms with E-state index in [0.717, 1.165) is 44.2 Å². The molecule has 0 radical (unpaired) electrons. The molecule has 0 unspecified atom stereocenters. The van der Waals surface area contributed by atoms with E-state index in [1.165, 1.54) is 0 Å². The first-order valence-corrected chi connectivity index (χ1v) is 16.1. The van der Waals surface area contributed by atoms with Gasteiger partial charge in [0.25, 0.3) is 0 Å². The zero-order chi connectivity index (χ0) is 31.6. The monoisotopic (exact) mass is 626 g/mol. The van der Waals surface area contributed by atoms with Gasteiger partial charge in [-0.3, -0.25) is 9.59 Å². The zero-order valence-electron chi connectivity index (χ0n) is 25.2. The van der Waals surface area contributed by atoms with Gasteiger partial charge in [0.2, 0.25) is 5.91 Å². The van der Waals surface area contributed by atoms with Crippen molar-refractivity contribution in [2.45, 2.75) is 62.9 Å². The number of thioether (sulfide) groups is 1. The van der Waals surface area contributed by atoms with Crippen LogP contribution in [0, 0.1) is 5.92 Å². The maximum absolute atomic E-state index is 12.1. The molecule has 45 heavy (non-hydrogen) atoms. The first-order valence-electron chi connectivity index (χ1n) is 15.1. The molecule has 1 aliphatic rings. The number of nitrogens with one attached hydrogen (secondary N) is 1. The van der Waals surface area contributed by atoms with Crippen molar-refractivity contribution in [3.8, 4) is 11.1 Å². The number of amides is 1. The molecule has 4 atom stereocenters. The molecule has 0 saturated carbocycles. The van der Waals surface area contributed by atoms with Gasteiger partial charge in [-0.1, -0.05) is 79.7 Å². The molecule has 0 aliphatic carbocycles. The highest BCUT2D eigenvalue weighted by Gasteiger charge is 2.38. The Balaban J connectivity index is 1.28. The number of carbonyl (C=O) groups is 2. The molecule has 9 heteroatoms. The van der Waals surface area contributed by atoms with E-state index in [2.05, 4.69) is 17.2 Å². The van der Waals surface area contributed by atoms with Gasteiger partial charge in [0.15, 0.2) is 6.29 Å². The maximum atomic E-state index is 12.1. The van der Waals surface area contributed by atoms with Crippen molar-refractivity contribution in [2.75, 3.05) is 5.75 Å². The number of hydrogen-bond donors (Lipinski definition) is 3. The molecule has 0 bridgehead atoms. The van der Waals surface area contributed by atoms with E-state index in [-0.39, 0.29) is 43.5 Å². The summed E-state index contributed by atoms with van der Waals surface area (Å²) in [6, 6.07) is 29.9. The summed E-state index contributed by atoms with van der Waals surface area (Å²) >= 11 is 1.67. The second-order valence-corrected chi connectivity index (χ2v) is 12.2. The van der Waals surface area contributed by atoms with Crippen LogP contribution >= 0.6 is 11.8 Å². The fourth-order valence-corrected chi connectivity index (χ4v) is 6.32. The highest BCUT2D eigenvalue weighted by molar-refractivity contribution is 7.99. The third kappa shape index (κ3) is 9.02. The molecule has 1 aromatic heterocycles. The number of carboxylic acid groups (broad SMARTS) is 1. The normalized spacial score (nSPS) is 19.6. The molecular formula is C36H38N2O6S. The topological polar surface area (TPSA) is 118 Å². The summed E-state index contributed by atoms with van der Waals surface area (Å²) in [7, 11) is 0. The Morgan fingerprint density at radius 2 is 1.64 bits per heavy atom. The largest absolute Gasteiger partial charge is 0.481 e. The SMILES string of the molecule is C[C@@H]1[C@H](CSc2ccccn2)O[C@H](c2ccc(-c3cccc(CNC(=O)CCCC(=O)O)c3)cc2)O[C@@H]1c1ccc(CO)cc1. The molecule has 2 heterocycles. The zero-order valence-corrected chi connectivity index (χ0v) is 26.0. The van der Waals surface area contributed by atoms with Crippen LogP contribution in [-0.2, 0) is 32.2 Å². The van der Waals surface area contributed by atoms with E-state index >= 15 is 0 Å². The molecule has 1 amide bonds. The molecule has 234 valence electrons. The fraction of sp³-hybridized carbons (Fsp3) is 0.306. The second kappa shape index (κ2) is 15.8. The number of carbonyl (C=O) groups excluding carboxylic acids is 1. The Kier molecular flexibility index (Phi) is 11.4. The van der Waals surface area contributed by atoms with Gasteiger partial charge in [-0.25, -0.2) is 4.98 Å². The molecule has 0 spiro atoms. The number of aliphatic carboxylic acids is 1. The highest BCUT2D eigenvalue weighted by Crippen LogP contribution is 2.43. The number of aliphatic hydroxyl groups is 1. The third-order valence-electron chi connectivity index (χ3n) is 7.88. The molecule has 5 rings (SSSR count). The Morgan fingerprint density at radius 3 is 2.36 bits per heavy atom. The molecule has 1 aliphatic heterocycles. The van der Waals surface area contributed by atoms with E-state index in [1.54, 1.807) is 18.0 Å².